The van der Waals surface area contributed by atoms with Crippen molar-refractivity contribution in [3.8, 4) is 5.75 Å². The summed E-state index contributed by atoms with van der Waals surface area (Å²) in [6, 6.07) is 14.7. The number of urea groups is 1. The molecule has 1 saturated heterocycles. The van der Waals surface area contributed by atoms with Crippen LogP contribution in [-0.2, 0) is 11.3 Å². The number of hydrogen-bond acceptors (Lipinski definition) is 4. The number of carbonyl (C=O) groups excluding carboxylic acids is 1. The molecule has 2 aromatic carbocycles. The Bertz CT molecular complexity index is 1140. The van der Waals surface area contributed by atoms with Gasteiger partial charge in [-0.25, -0.2) is 4.79 Å². The fourth-order valence-corrected chi connectivity index (χ4v) is 3.89. The van der Waals surface area contributed by atoms with Crippen molar-refractivity contribution in [2.75, 3.05) is 25.6 Å². The summed E-state index contributed by atoms with van der Waals surface area (Å²) in [6.07, 6.45) is 1.83. The fourth-order valence-electron chi connectivity index (χ4n) is 3.89. The number of hydrogen-bond donors (Lipinski definition) is 2. The van der Waals surface area contributed by atoms with E-state index >= 15 is 0 Å². The normalized spacial score (nSPS) is 15.7. The first kappa shape index (κ1) is 20.9. The van der Waals surface area contributed by atoms with Gasteiger partial charge in [0.1, 0.15) is 5.75 Å². The molecule has 2 heterocycles. The van der Waals surface area contributed by atoms with Gasteiger partial charge >= 0.3 is 6.03 Å². The largest absolute Gasteiger partial charge is 0.495 e. The van der Waals surface area contributed by atoms with E-state index < -0.39 is 0 Å². The molecular formula is C24H27N3O4. The lowest BCUT2D eigenvalue weighted by Gasteiger charge is -2.26. The fraction of sp³-hybridized carbons (Fsp3) is 0.333. The smallest absolute Gasteiger partial charge is 0.322 e. The van der Waals surface area contributed by atoms with Gasteiger partial charge in [-0.15, -0.1) is 0 Å². The van der Waals surface area contributed by atoms with Gasteiger partial charge in [0.2, 0.25) is 0 Å². The van der Waals surface area contributed by atoms with Gasteiger partial charge < -0.3 is 24.7 Å². The zero-order valence-corrected chi connectivity index (χ0v) is 17.8. The van der Waals surface area contributed by atoms with Crippen LogP contribution in [0.25, 0.3) is 10.9 Å². The highest BCUT2D eigenvalue weighted by Gasteiger charge is 2.24. The van der Waals surface area contributed by atoms with Gasteiger partial charge in [-0.05, 0) is 55.5 Å². The number of carbonyl (C=O) groups is 1. The first-order valence-electron chi connectivity index (χ1n) is 10.5. The number of rotatable bonds is 6. The lowest BCUT2D eigenvalue weighted by atomic mass is 10.1. The van der Waals surface area contributed by atoms with Crippen molar-refractivity contribution in [1.29, 1.82) is 0 Å². The number of amides is 2. The minimum absolute atomic E-state index is 0.0369. The predicted molar refractivity (Wildman–Crippen MR) is 121 cm³/mol. The molecule has 2 N–H and O–H groups in total. The maximum absolute atomic E-state index is 13.2. The third-order valence-electron chi connectivity index (χ3n) is 5.52. The highest BCUT2D eigenvalue weighted by Crippen LogP contribution is 2.24. The summed E-state index contributed by atoms with van der Waals surface area (Å²) in [5, 5.41) is 3.86. The molecule has 0 bridgehead atoms. The molecule has 7 heteroatoms. The first-order chi connectivity index (χ1) is 15.0. The van der Waals surface area contributed by atoms with Crippen LogP contribution in [0.3, 0.4) is 0 Å². The Morgan fingerprint density at radius 1 is 1.26 bits per heavy atom. The number of para-hydroxylation sites is 2. The lowest BCUT2D eigenvalue weighted by Crippen LogP contribution is -2.40. The number of aromatic nitrogens is 1. The number of methoxy groups -OCH3 is 1. The zero-order valence-electron chi connectivity index (χ0n) is 17.8. The number of H-pyrrole nitrogens is 1. The summed E-state index contributed by atoms with van der Waals surface area (Å²) in [6.45, 7) is 3.30. The molecule has 1 fully saturated rings. The number of nitrogens with one attached hydrogen (secondary N) is 2. The maximum Gasteiger partial charge on any atom is 0.322 e. The number of nitrogens with zero attached hydrogens (tertiary/aromatic N) is 1. The van der Waals surface area contributed by atoms with Crippen LogP contribution in [0.15, 0.2) is 53.3 Å². The summed E-state index contributed by atoms with van der Waals surface area (Å²) in [5.41, 5.74) is 2.81. The average Bonchev–Trinajstić information content (AvgIpc) is 3.27. The number of aryl methyl sites for hydroxylation is 1. The number of aromatic amines is 1. The molecule has 0 aliphatic carbocycles. The van der Waals surface area contributed by atoms with Crippen molar-refractivity contribution in [3.05, 3.63) is 70.0 Å². The average molecular weight is 421 g/mol. The molecule has 1 aromatic heterocycles. The SMILES string of the molecule is COc1ccccc1NC(=O)N(Cc1cc2cc(C)ccc2[nH]c1=O)C[C@H]1CCCO1. The second-order valence-electron chi connectivity index (χ2n) is 7.86. The molecule has 0 saturated carbocycles. The van der Waals surface area contributed by atoms with Crippen LogP contribution >= 0.6 is 0 Å². The molecular weight excluding hydrogens is 394 g/mol. The third kappa shape index (κ3) is 4.88. The highest BCUT2D eigenvalue weighted by atomic mass is 16.5. The molecule has 1 aliphatic heterocycles. The van der Waals surface area contributed by atoms with Crippen molar-refractivity contribution >= 4 is 22.6 Å². The Morgan fingerprint density at radius 2 is 2.10 bits per heavy atom. The maximum atomic E-state index is 13.2. The van der Waals surface area contributed by atoms with Gasteiger partial charge in [0.05, 0.1) is 25.4 Å². The van der Waals surface area contributed by atoms with E-state index in [0.717, 1.165) is 29.3 Å². The Morgan fingerprint density at radius 3 is 2.87 bits per heavy atom. The zero-order chi connectivity index (χ0) is 21.8. The molecule has 2 amide bonds. The minimum Gasteiger partial charge on any atom is -0.495 e. The van der Waals surface area contributed by atoms with Crippen molar-refractivity contribution in [3.63, 3.8) is 0 Å². The second kappa shape index (κ2) is 9.22. The molecule has 4 rings (SSSR count). The summed E-state index contributed by atoms with van der Waals surface area (Å²) < 4.78 is 11.1. The Balaban J connectivity index is 1.61. The number of ether oxygens (including phenoxy) is 2. The Kier molecular flexibility index (Phi) is 6.23. The first-order valence-corrected chi connectivity index (χ1v) is 10.5. The highest BCUT2D eigenvalue weighted by molar-refractivity contribution is 5.91. The molecule has 162 valence electrons. The number of fused-ring (bicyclic) bond motifs is 1. The van der Waals surface area contributed by atoms with Crippen LogP contribution in [0.1, 0.15) is 24.0 Å². The van der Waals surface area contributed by atoms with Crippen molar-refractivity contribution < 1.29 is 14.3 Å². The van der Waals surface area contributed by atoms with E-state index in [1.165, 1.54) is 0 Å². The quantitative estimate of drug-likeness (QED) is 0.629. The topological polar surface area (TPSA) is 83.7 Å². The number of anilines is 1. The van der Waals surface area contributed by atoms with Crippen molar-refractivity contribution in [2.24, 2.45) is 0 Å². The summed E-state index contributed by atoms with van der Waals surface area (Å²) >= 11 is 0. The lowest BCUT2D eigenvalue weighted by molar-refractivity contribution is 0.0818. The molecule has 0 unspecified atom stereocenters. The van der Waals surface area contributed by atoms with Gasteiger partial charge in [-0.2, -0.15) is 0 Å². The monoisotopic (exact) mass is 421 g/mol. The molecule has 0 radical (unpaired) electrons. The number of pyridine rings is 1. The molecule has 7 nitrogen and oxygen atoms in total. The van der Waals surface area contributed by atoms with E-state index in [1.807, 2.05) is 43.3 Å². The summed E-state index contributed by atoms with van der Waals surface area (Å²) in [4.78, 5) is 30.5. The predicted octanol–water partition coefficient (Wildman–Crippen LogP) is 4.06. The summed E-state index contributed by atoms with van der Waals surface area (Å²) in [5.74, 6) is 0.576. The molecule has 3 aromatic rings. The van der Waals surface area contributed by atoms with Crippen LogP contribution in [0.4, 0.5) is 10.5 Å². The van der Waals surface area contributed by atoms with Gasteiger partial charge in [-0.1, -0.05) is 23.8 Å². The van der Waals surface area contributed by atoms with Gasteiger partial charge in [0, 0.05) is 24.2 Å². The molecule has 31 heavy (non-hydrogen) atoms. The van der Waals surface area contributed by atoms with Gasteiger partial charge in [0.15, 0.2) is 0 Å². The van der Waals surface area contributed by atoms with Gasteiger partial charge in [-0.3, -0.25) is 4.79 Å². The van der Waals surface area contributed by atoms with Gasteiger partial charge in [0.25, 0.3) is 5.56 Å². The molecule has 1 atom stereocenters. The molecule has 0 spiro atoms. The van der Waals surface area contributed by atoms with Crippen LogP contribution in [0.2, 0.25) is 0 Å². The standard InChI is InChI=1S/C24H27N3O4/c1-16-9-10-20-17(12-16)13-18(23(28)25-20)14-27(15-19-6-5-11-31-19)24(29)26-21-7-3-4-8-22(21)30-2/h3-4,7-10,12-13,19H,5-6,11,14-15H2,1-2H3,(H,25,28)(H,26,29)/t19-/m1/s1. The summed E-state index contributed by atoms with van der Waals surface area (Å²) in [7, 11) is 1.56. The second-order valence-corrected chi connectivity index (χ2v) is 7.86. The van der Waals surface area contributed by atoms with Crippen LogP contribution in [0.5, 0.6) is 5.75 Å². The van der Waals surface area contributed by atoms with E-state index in [-0.39, 0.29) is 24.2 Å². The number of benzene rings is 2. The van der Waals surface area contributed by atoms with E-state index in [2.05, 4.69) is 10.3 Å². The van der Waals surface area contributed by atoms with Crippen LogP contribution in [0, 0.1) is 6.92 Å². The van der Waals surface area contributed by atoms with Crippen molar-refractivity contribution in [2.45, 2.75) is 32.4 Å². The Hall–Kier alpha value is -3.32. The van der Waals surface area contributed by atoms with E-state index in [1.54, 1.807) is 24.1 Å². The van der Waals surface area contributed by atoms with Crippen LogP contribution < -0.4 is 15.6 Å². The van der Waals surface area contributed by atoms with E-state index in [4.69, 9.17) is 9.47 Å². The Labute approximate surface area is 181 Å². The minimum atomic E-state index is -0.302. The van der Waals surface area contributed by atoms with Crippen molar-refractivity contribution in [1.82, 2.24) is 9.88 Å². The third-order valence-corrected chi connectivity index (χ3v) is 5.52. The van der Waals surface area contributed by atoms with Crippen LogP contribution in [-0.4, -0.2) is 42.3 Å². The van der Waals surface area contributed by atoms with E-state index in [0.29, 0.717) is 30.2 Å². The van der Waals surface area contributed by atoms with E-state index in [9.17, 15) is 9.59 Å². The molecule has 1 aliphatic rings.